The van der Waals surface area contributed by atoms with Crippen LogP contribution in [-0.4, -0.2) is 17.5 Å². The maximum Gasteiger partial charge on any atom is 0.461 e. The van der Waals surface area contributed by atoms with Crippen LogP contribution in [0.3, 0.4) is 0 Å². The summed E-state index contributed by atoms with van der Waals surface area (Å²) in [5, 5.41) is 10.4. The second-order valence-corrected chi connectivity index (χ2v) is 2.94. The summed E-state index contributed by atoms with van der Waals surface area (Å²) in [4.78, 5) is 9.47. The Kier molecular flexibility index (Phi) is 3.39. The number of hydrogen-bond donors (Lipinski definition) is 1. The third-order valence-corrected chi connectivity index (χ3v) is 1.71. The lowest BCUT2D eigenvalue weighted by Crippen LogP contribution is -2.33. The lowest BCUT2D eigenvalue weighted by atomic mass is 10.2. The molecule has 0 amide bonds. The predicted molar refractivity (Wildman–Crippen MR) is 49.1 cm³/mol. The Balaban J connectivity index is 3.01. The van der Waals surface area contributed by atoms with E-state index < -0.39 is 28.9 Å². The lowest BCUT2D eigenvalue weighted by molar-refractivity contribution is -0.384. The van der Waals surface area contributed by atoms with E-state index in [1.807, 2.05) is 0 Å². The van der Waals surface area contributed by atoms with Crippen molar-refractivity contribution in [2.45, 2.75) is 12.5 Å². The highest BCUT2D eigenvalue weighted by Crippen LogP contribution is 2.31. The van der Waals surface area contributed by atoms with Crippen LogP contribution in [0.2, 0.25) is 0 Å². The summed E-state index contributed by atoms with van der Waals surface area (Å²) in [5.74, 6) is -0.767. The van der Waals surface area contributed by atoms with Crippen molar-refractivity contribution in [2.75, 3.05) is 5.73 Å². The Morgan fingerprint density at radius 1 is 1.41 bits per heavy atom. The fourth-order valence-electron chi connectivity index (χ4n) is 0.947. The van der Waals surface area contributed by atoms with Crippen LogP contribution in [0.15, 0.2) is 18.2 Å². The Hall–Kier alpha value is -2.06. The number of nitro benzene ring substituents is 1. The fraction of sp³-hybridized carbons (Fsp3) is 0.250. The number of hydrogen-bond acceptors (Lipinski definition) is 4. The maximum absolute atomic E-state index is 12.5. The van der Waals surface area contributed by atoms with Gasteiger partial charge >= 0.3 is 12.5 Å². The molecule has 0 atom stereocenters. The van der Waals surface area contributed by atoms with Gasteiger partial charge in [-0.15, -0.1) is 0 Å². The van der Waals surface area contributed by atoms with Crippen molar-refractivity contribution in [3.63, 3.8) is 0 Å². The molecule has 0 saturated heterocycles. The van der Waals surface area contributed by atoms with Gasteiger partial charge in [-0.3, -0.25) is 10.1 Å². The number of nitro groups is 1. The third kappa shape index (κ3) is 2.95. The first-order valence-corrected chi connectivity index (χ1v) is 4.13. The van der Waals surface area contributed by atoms with Gasteiger partial charge in [0.15, 0.2) is 0 Å². The molecule has 0 aliphatic rings. The van der Waals surface area contributed by atoms with E-state index in [9.17, 15) is 27.7 Å². The van der Waals surface area contributed by atoms with Crippen LogP contribution in [0.5, 0.6) is 5.75 Å². The minimum Gasteiger partial charge on any atom is -0.428 e. The van der Waals surface area contributed by atoms with Crippen LogP contribution >= 0.6 is 0 Å². The highest BCUT2D eigenvalue weighted by atomic mass is 19.3. The molecule has 0 fully saturated rings. The van der Waals surface area contributed by atoms with Crippen LogP contribution < -0.4 is 10.5 Å². The molecule has 0 aliphatic carbocycles. The van der Waals surface area contributed by atoms with Gasteiger partial charge in [0, 0.05) is 0 Å². The van der Waals surface area contributed by atoms with E-state index in [0.29, 0.717) is 6.07 Å². The van der Waals surface area contributed by atoms with Crippen LogP contribution in [0.1, 0.15) is 0 Å². The molecular weight excluding hydrogens is 248 g/mol. The normalized spacial score (nSPS) is 11.6. The van der Waals surface area contributed by atoms with Gasteiger partial charge in [0.25, 0.3) is 5.69 Å². The number of benzene rings is 1. The summed E-state index contributed by atoms with van der Waals surface area (Å²) in [7, 11) is 0. The van der Waals surface area contributed by atoms with E-state index in [2.05, 4.69) is 4.74 Å². The quantitative estimate of drug-likeness (QED) is 0.387. The van der Waals surface area contributed by atoms with Crippen molar-refractivity contribution in [3.05, 3.63) is 28.3 Å². The van der Waals surface area contributed by atoms with Crippen molar-refractivity contribution in [1.29, 1.82) is 0 Å². The Morgan fingerprint density at radius 3 is 2.47 bits per heavy atom. The molecule has 1 rings (SSSR count). The first-order chi connectivity index (χ1) is 7.74. The zero-order valence-electron chi connectivity index (χ0n) is 8.07. The summed E-state index contributed by atoms with van der Waals surface area (Å²) < 4.78 is 52.3. The minimum atomic E-state index is -4.72. The molecule has 1 aromatic rings. The molecule has 5 nitrogen and oxygen atoms in total. The summed E-state index contributed by atoms with van der Waals surface area (Å²) in [5.41, 5.74) is 4.19. The van der Waals surface area contributed by atoms with Crippen molar-refractivity contribution in [3.8, 4) is 5.75 Å². The van der Waals surface area contributed by atoms with Crippen molar-refractivity contribution in [1.82, 2.24) is 0 Å². The monoisotopic (exact) mass is 254 g/mol. The molecule has 0 spiro atoms. The number of halogens is 4. The maximum atomic E-state index is 12.5. The van der Waals surface area contributed by atoms with E-state index in [4.69, 9.17) is 5.73 Å². The number of nitrogens with two attached hydrogens (primary N) is 1. The zero-order valence-corrected chi connectivity index (χ0v) is 8.07. The second kappa shape index (κ2) is 4.44. The van der Waals surface area contributed by atoms with Gasteiger partial charge in [-0.05, 0) is 12.1 Å². The van der Waals surface area contributed by atoms with Crippen LogP contribution in [0, 0.1) is 10.1 Å². The SMILES string of the molecule is Nc1ccc(OC(F)(F)C(F)F)cc1[N+](=O)[O-]. The predicted octanol–water partition coefficient (Wildman–Crippen LogP) is 2.41. The van der Waals surface area contributed by atoms with Gasteiger partial charge in [0.2, 0.25) is 0 Å². The van der Waals surface area contributed by atoms with Crippen LogP contribution in [0.4, 0.5) is 28.9 Å². The molecule has 17 heavy (non-hydrogen) atoms. The lowest BCUT2D eigenvalue weighted by Gasteiger charge is -2.16. The molecule has 0 radical (unpaired) electrons. The van der Waals surface area contributed by atoms with Gasteiger partial charge in [-0.1, -0.05) is 0 Å². The Morgan fingerprint density at radius 2 is 2.00 bits per heavy atom. The summed E-state index contributed by atoms with van der Waals surface area (Å²) in [6.45, 7) is 0. The standard InChI is InChI=1S/C8H6F4N2O3/c9-7(10)8(11,12)17-4-1-2-5(13)6(3-4)14(15)16/h1-3,7H,13H2. The van der Waals surface area contributed by atoms with Crippen molar-refractivity contribution >= 4 is 11.4 Å². The van der Waals surface area contributed by atoms with E-state index in [1.165, 1.54) is 0 Å². The smallest absolute Gasteiger partial charge is 0.428 e. The summed E-state index contributed by atoms with van der Waals surface area (Å²) >= 11 is 0. The van der Waals surface area contributed by atoms with E-state index in [0.717, 1.165) is 12.1 Å². The van der Waals surface area contributed by atoms with Gasteiger partial charge < -0.3 is 10.5 Å². The molecule has 0 saturated carbocycles. The van der Waals surface area contributed by atoms with Crippen molar-refractivity contribution < 1.29 is 27.2 Å². The van der Waals surface area contributed by atoms with Gasteiger partial charge in [0.05, 0.1) is 11.0 Å². The molecule has 0 bridgehead atoms. The average Bonchev–Trinajstić information content (AvgIpc) is 2.20. The minimum absolute atomic E-state index is 0.289. The number of nitrogens with zero attached hydrogens (tertiary/aromatic N) is 1. The van der Waals surface area contributed by atoms with Gasteiger partial charge in [-0.25, -0.2) is 0 Å². The number of ether oxygens (including phenoxy) is 1. The van der Waals surface area contributed by atoms with E-state index >= 15 is 0 Å². The van der Waals surface area contributed by atoms with Gasteiger partial charge in [0.1, 0.15) is 11.4 Å². The molecule has 9 heteroatoms. The molecule has 0 heterocycles. The topological polar surface area (TPSA) is 78.4 Å². The Bertz CT molecular complexity index is 439. The third-order valence-electron chi connectivity index (χ3n) is 1.71. The second-order valence-electron chi connectivity index (χ2n) is 2.94. The molecule has 0 unspecified atom stereocenters. The molecule has 2 N–H and O–H groups in total. The molecule has 1 aromatic carbocycles. The average molecular weight is 254 g/mol. The van der Waals surface area contributed by atoms with Crippen LogP contribution in [-0.2, 0) is 0 Å². The highest BCUT2D eigenvalue weighted by molar-refractivity contribution is 5.60. The fourth-order valence-corrected chi connectivity index (χ4v) is 0.947. The zero-order chi connectivity index (χ0) is 13.2. The largest absolute Gasteiger partial charge is 0.461 e. The molecule has 0 aliphatic heterocycles. The number of anilines is 1. The number of nitrogen functional groups attached to an aromatic ring is 1. The Labute approximate surface area is 91.9 Å². The van der Waals surface area contributed by atoms with Crippen LogP contribution in [0.25, 0.3) is 0 Å². The summed E-state index contributed by atoms with van der Waals surface area (Å²) in [6, 6.07) is 2.29. The highest BCUT2D eigenvalue weighted by Gasteiger charge is 2.44. The van der Waals surface area contributed by atoms with E-state index in [-0.39, 0.29) is 5.69 Å². The summed E-state index contributed by atoms with van der Waals surface area (Å²) in [6.07, 6.45) is -8.76. The first-order valence-electron chi connectivity index (χ1n) is 4.13. The molecule has 0 aromatic heterocycles. The van der Waals surface area contributed by atoms with E-state index in [1.54, 1.807) is 0 Å². The number of rotatable bonds is 4. The molecular formula is C8H6F4N2O3. The number of alkyl halides is 4. The first kappa shape index (κ1) is 13.0. The van der Waals surface area contributed by atoms with Crippen molar-refractivity contribution in [2.24, 2.45) is 0 Å². The van der Waals surface area contributed by atoms with Gasteiger partial charge in [-0.2, -0.15) is 17.6 Å². The molecule has 94 valence electrons.